The van der Waals surface area contributed by atoms with Gasteiger partial charge in [0.15, 0.2) is 17.3 Å². The molecule has 2 aliphatic heterocycles. The summed E-state index contributed by atoms with van der Waals surface area (Å²) in [7, 11) is 2.22. The molecule has 3 fully saturated rings. The molecule has 1 saturated carbocycles. The first-order chi connectivity index (χ1) is 12.0. The van der Waals surface area contributed by atoms with E-state index in [-0.39, 0.29) is 16.9 Å². The lowest BCUT2D eigenvalue weighted by Gasteiger charge is -2.61. The number of rotatable bonds is 0. The van der Waals surface area contributed by atoms with E-state index in [2.05, 4.69) is 11.9 Å². The molecular formula is C20H27NO4. The summed E-state index contributed by atoms with van der Waals surface area (Å²) in [5, 5.41) is 21.0. The maximum absolute atomic E-state index is 10.8. The maximum Gasteiger partial charge on any atom is 0.169 e. The molecule has 1 unspecified atom stereocenters. The Morgan fingerprint density at radius 2 is 1.96 bits per heavy atom. The smallest absolute Gasteiger partial charge is 0.169 e. The van der Waals surface area contributed by atoms with Crippen LogP contribution in [-0.2, 0) is 21.3 Å². The number of hydrogen-bond acceptors (Lipinski definition) is 5. The van der Waals surface area contributed by atoms with Gasteiger partial charge in [-0.05, 0) is 56.8 Å². The van der Waals surface area contributed by atoms with Crippen molar-refractivity contribution >= 4 is 0 Å². The number of piperidine rings is 1. The predicted octanol–water partition coefficient (Wildman–Crippen LogP) is 2.53. The van der Waals surface area contributed by atoms with E-state index in [0.717, 1.165) is 63.8 Å². The van der Waals surface area contributed by atoms with Crippen LogP contribution in [0.1, 0.15) is 43.2 Å². The van der Waals surface area contributed by atoms with E-state index < -0.39 is 5.79 Å². The minimum Gasteiger partial charge on any atom is -0.504 e. The highest BCUT2D eigenvalue weighted by atomic mass is 16.7. The second-order valence-corrected chi connectivity index (χ2v) is 8.41. The molecule has 5 nitrogen and oxygen atoms in total. The summed E-state index contributed by atoms with van der Waals surface area (Å²) in [5.41, 5.74) is 1.98. The van der Waals surface area contributed by atoms with E-state index in [1.807, 2.05) is 6.07 Å². The van der Waals surface area contributed by atoms with Crippen LogP contribution >= 0.6 is 0 Å². The minimum atomic E-state index is -0.512. The summed E-state index contributed by atoms with van der Waals surface area (Å²) in [4.78, 5) is 2.48. The van der Waals surface area contributed by atoms with Gasteiger partial charge in [0.1, 0.15) is 0 Å². The first-order valence-corrected chi connectivity index (χ1v) is 9.57. The number of likely N-dealkylation sites (N-methyl/N-ethyl adjacent to an activating group) is 1. The second-order valence-electron chi connectivity index (χ2n) is 8.41. The number of phenols is 2. The summed E-state index contributed by atoms with van der Waals surface area (Å²) < 4.78 is 12.3. The molecule has 5 rings (SSSR count). The largest absolute Gasteiger partial charge is 0.504 e. The van der Waals surface area contributed by atoms with Crippen LogP contribution in [0, 0.1) is 5.92 Å². The third-order valence-electron chi connectivity index (χ3n) is 7.26. The Morgan fingerprint density at radius 3 is 2.76 bits per heavy atom. The summed E-state index contributed by atoms with van der Waals surface area (Å²) >= 11 is 0. The van der Waals surface area contributed by atoms with Gasteiger partial charge in [-0.1, -0.05) is 6.07 Å². The number of ether oxygens (including phenoxy) is 2. The molecule has 5 heteroatoms. The Balaban J connectivity index is 1.67. The van der Waals surface area contributed by atoms with E-state index in [0.29, 0.717) is 12.0 Å². The highest BCUT2D eigenvalue weighted by Gasteiger charge is 2.60. The molecule has 1 aromatic rings. The fourth-order valence-electron chi connectivity index (χ4n) is 6.17. The van der Waals surface area contributed by atoms with Crippen LogP contribution in [0.25, 0.3) is 0 Å². The highest BCUT2D eigenvalue weighted by Crippen LogP contribution is 2.61. The SMILES string of the molecule is CN1CC[C@]23CC4(CCC2[C@H]1Cc1ccc(O)c(O)c13)OCCCO4. The molecule has 25 heavy (non-hydrogen) atoms. The van der Waals surface area contributed by atoms with Gasteiger partial charge in [-0.2, -0.15) is 0 Å². The third kappa shape index (κ3) is 2.12. The van der Waals surface area contributed by atoms with Crippen LogP contribution in [0.15, 0.2) is 12.1 Å². The molecular weight excluding hydrogens is 318 g/mol. The molecule has 0 aromatic heterocycles. The number of aromatic hydroxyl groups is 2. The van der Waals surface area contributed by atoms with Gasteiger partial charge < -0.3 is 24.6 Å². The quantitative estimate of drug-likeness (QED) is 0.708. The van der Waals surface area contributed by atoms with Gasteiger partial charge in [0.05, 0.1) is 13.2 Å². The van der Waals surface area contributed by atoms with Gasteiger partial charge in [0, 0.05) is 29.9 Å². The van der Waals surface area contributed by atoms with Crippen molar-refractivity contribution in [3.05, 3.63) is 23.3 Å². The van der Waals surface area contributed by atoms with Crippen LogP contribution in [0.3, 0.4) is 0 Å². The van der Waals surface area contributed by atoms with E-state index >= 15 is 0 Å². The average Bonchev–Trinajstić information content (AvgIpc) is 2.61. The Hall–Kier alpha value is -1.30. The summed E-state index contributed by atoms with van der Waals surface area (Å²) in [5.74, 6) is 0.0424. The maximum atomic E-state index is 10.8. The van der Waals surface area contributed by atoms with Crippen molar-refractivity contribution in [1.82, 2.24) is 4.90 Å². The van der Waals surface area contributed by atoms with Crippen molar-refractivity contribution in [3.63, 3.8) is 0 Å². The van der Waals surface area contributed by atoms with Crippen molar-refractivity contribution in [3.8, 4) is 11.5 Å². The Labute approximate surface area is 148 Å². The standard InChI is InChI=1S/C20H27NO4/c1-21-8-7-19-12-20(24-9-2-10-25-20)6-5-14(19)15(21)11-13-3-4-16(22)18(23)17(13)19/h3-4,14-15,22-23H,2,5-12H2,1H3/t14?,15-,19+/m1/s1. The van der Waals surface area contributed by atoms with Gasteiger partial charge in [0.25, 0.3) is 0 Å². The fraction of sp³-hybridized carbons (Fsp3) is 0.700. The van der Waals surface area contributed by atoms with Crippen LogP contribution < -0.4 is 0 Å². The van der Waals surface area contributed by atoms with E-state index in [1.165, 1.54) is 5.56 Å². The minimum absolute atomic E-state index is 0.00522. The molecule has 0 amide bonds. The highest BCUT2D eigenvalue weighted by molar-refractivity contribution is 5.56. The second kappa shape index (κ2) is 5.35. The fourth-order valence-corrected chi connectivity index (χ4v) is 6.17. The Bertz CT molecular complexity index is 699. The van der Waals surface area contributed by atoms with Gasteiger partial charge >= 0.3 is 0 Å². The molecule has 2 bridgehead atoms. The number of fused-ring (bicyclic) bond motifs is 1. The monoisotopic (exact) mass is 345 g/mol. The molecule has 2 N–H and O–H groups in total. The zero-order valence-electron chi connectivity index (χ0n) is 14.8. The Morgan fingerprint density at radius 1 is 1.16 bits per heavy atom. The molecule has 2 aliphatic carbocycles. The van der Waals surface area contributed by atoms with Crippen LogP contribution in [0.5, 0.6) is 11.5 Å². The first-order valence-electron chi connectivity index (χ1n) is 9.57. The third-order valence-corrected chi connectivity index (χ3v) is 7.26. The molecule has 136 valence electrons. The molecule has 2 saturated heterocycles. The lowest BCUT2D eigenvalue weighted by Crippen LogP contribution is -2.64. The average molecular weight is 345 g/mol. The number of likely N-dealkylation sites (tertiary alicyclic amines) is 1. The summed E-state index contributed by atoms with van der Waals surface area (Å²) in [6, 6.07) is 4.12. The van der Waals surface area contributed by atoms with Crippen molar-refractivity contribution in [2.24, 2.45) is 5.92 Å². The molecule has 4 aliphatic rings. The zero-order chi connectivity index (χ0) is 17.2. The summed E-state index contributed by atoms with van der Waals surface area (Å²) in [6.07, 6.45) is 5.64. The molecule has 1 spiro atoms. The molecule has 1 aromatic carbocycles. The summed E-state index contributed by atoms with van der Waals surface area (Å²) in [6.45, 7) is 2.51. The van der Waals surface area contributed by atoms with E-state index in [9.17, 15) is 10.2 Å². The van der Waals surface area contributed by atoms with Crippen molar-refractivity contribution < 1.29 is 19.7 Å². The van der Waals surface area contributed by atoms with E-state index in [4.69, 9.17) is 9.47 Å². The number of hydrogen-bond donors (Lipinski definition) is 2. The van der Waals surface area contributed by atoms with Gasteiger partial charge in [0.2, 0.25) is 0 Å². The normalized spacial score (nSPS) is 36.7. The topological polar surface area (TPSA) is 62.2 Å². The van der Waals surface area contributed by atoms with Crippen molar-refractivity contribution in [2.75, 3.05) is 26.8 Å². The van der Waals surface area contributed by atoms with E-state index in [1.54, 1.807) is 6.07 Å². The predicted molar refractivity (Wildman–Crippen MR) is 92.8 cm³/mol. The number of nitrogens with zero attached hydrogens (tertiary/aromatic N) is 1. The molecule has 3 atom stereocenters. The lowest BCUT2D eigenvalue weighted by molar-refractivity contribution is -0.299. The first kappa shape index (κ1) is 15.9. The van der Waals surface area contributed by atoms with Crippen LogP contribution in [-0.4, -0.2) is 53.7 Å². The van der Waals surface area contributed by atoms with Crippen molar-refractivity contribution in [1.29, 1.82) is 0 Å². The lowest BCUT2D eigenvalue weighted by atomic mass is 9.51. The van der Waals surface area contributed by atoms with Gasteiger partial charge in [-0.3, -0.25) is 0 Å². The number of benzene rings is 1. The van der Waals surface area contributed by atoms with Crippen LogP contribution in [0.2, 0.25) is 0 Å². The van der Waals surface area contributed by atoms with Gasteiger partial charge in [-0.15, -0.1) is 0 Å². The van der Waals surface area contributed by atoms with Crippen molar-refractivity contribution in [2.45, 2.75) is 55.8 Å². The molecule has 0 radical (unpaired) electrons. The number of phenolic OH excluding ortho intramolecular Hbond substituents is 2. The van der Waals surface area contributed by atoms with Crippen LogP contribution in [0.4, 0.5) is 0 Å². The zero-order valence-corrected chi connectivity index (χ0v) is 14.8. The van der Waals surface area contributed by atoms with Gasteiger partial charge in [-0.25, -0.2) is 0 Å². The molecule has 2 heterocycles. The Kier molecular flexibility index (Phi) is 3.41.